The Balaban J connectivity index is 2.14. The van der Waals surface area contributed by atoms with E-state index < -0.39 is 0 Å². The lowest BCUT2D eigenvalue weighted by Crippen LogP contribution is -2.44. The highest BCUT2D eigenvalue weighted by atomic mass is 15.0. The molecular formula is C12H21N. The van der Waals surface area contributed by atoms with E-state index in [2.05, 4.69) is 18.2 Å². The zero-order valence-corrected chi connectivity index (χ0v) is 8.73. The maximum absolute atomic E-state index is 5.20. The smallest absolute Gasteiger partial charge is 0.0153 e. The molecule has 0 amide bonds. The monoisotopic (exact) mass is 179 g/mol. The first-order valence-corrected chi connectivity index (χ1v) is 5.45. The van der Waals surface area contributed by atoms with Crippen LogP contribution in [0.1, 0.15) is 51.9 Å². The molecule has 0 bridgehead atoms. The molecule has 0 aromatic rings. The van der Waals surface area contributed by atoms with Gasteiger partial charge in [0.15, 0.2) is 0 Å². The molecule has 0 aliphatic heterocycles. The second-order valence-corrected chi connectivity index (χ2v) is 4.36. The van der Waals surface area contributed by atoms with Crippen molar-refractivity contribution in [1.29, 1.82) is 0 Å². The fourth-order valence-electron chi connectivity index (χ4n) is 2.09. The van der Waals surface area contributed by atoms with Crippen LogP contribution in [0, 0.1) is 12.3 Å². The molecule has 1 fully saturated rings. The Morgan fingerprint density at radius 1 is 1.31 bits per heavy atom. The molecule has 1 N–H and O–H groups in total. The molecule has 0 atom stereocenters. The fraction of sp³-hybridized carbons (Fsp3) is 0.833. The van der Waals surface area contributed by atoms with Crippen LogP contribution in [0.2, 0.25) is 0 Å². The van der Waals surface area contributed by atoms with Crippen LogP contribution in [0.4, 0.5) is 0 Å². The molecule has 1 saturated carbocycles. The van der Waals surface area contributed by atoms with Gasteiger partial charge in [0.05, 0.1) is 0 Å². The SMILES string of the molecule is C#CCCCNC1(C)CCCCC1. The molecule has 1 nitrogen and oxygen atoms in total. The second-order valence-electron chi connectivity index (χ2n) is 4.36. The summed E-state index contributed by atoms with van der Waals surface area (Å²) in [5.41, 5.74) is 0.410. The molecule has 1 rings (SSSR count). The Kier molecular flexibility index (Phi) is 4.32. The van der Waals surface area contributed by atoms with Gasteiger partial charge in [-0.05, 0) is 32.7 Å². The lowest BCUT2D eigenvalue weighted by molar-refractivity contribution is 0.254. The molecule has 1 aliphatic carbocycles. The van der Waals surface area contributed by atoms with Gasteiger partial charge < -0.3 is 5.32 Å². The molecule has 74 valence electrons. The van der Waals surface area contributed by atoms with E-state index in [4.69, 9.17) is 6.42 Å². The molecule has 0 saturated heterocycles. The molecule has 0 unspecified atom stereocenters. The van der Waals surface area contributed by atoms with Crippen molar-refractivity contribution in [3.05, 3.63) is 0 Å². The Bertz CT molecular complexity index is 172. The average Bonchev–Trinajstić information content (AvgIpc) is 2.14. The lowest BCUT2D eigenvalue weighted by atomic mass is 9.83. The van der Waals surface area contributed by atoms with Crippen molar-refractivity contribution in [3.63, 3.8) is 0 Å². The molecule has 1 heteroatoms. The number of hydrogen-bond donors (Lipinski definition) is 1. The molecule has 0 heterocycles. The van der Waals surface area contributed by atoms with E-state index >= 15 is 0 Å². The van der Waals surface area contributed by atoms with Crippen molar-refractivity contribution in [2.45, 2.75) is 57.4 Å². The third-order valence-corrected chi connectivity index (χ3v) is 3.01. The van der Waals surface area contributed by atoms with Gasteiger partial charge in [0, 0.05) is 12.0 Å². The van der Waals surface area contributed by atoms with E-state index in [0.29, 0.717) is 5.54 Å². The standard InChI is InChI=1S/C12H21N/c1-3-4-8-11-13-12(2)9-6-5-7-10-12/h1,13H,4-11H2,2H3. The van der Waals surface area contributed by atoms with Gasteiger partial charge in [-0.15, -0.1) is 12.3 Å². The largest absolute Gasteiger partial charge is 0.311 e. The quantitative estimate of drug-likeness (QED) is 0.517. The molecule has 0 spiro atoms. The summed E-state index contributed by atoms with van der Waals surface area (Å²) in [6.07, 6.45) is 14.1. The third-order valence-electron chi connectivity index (χ3n) is 3.01. The molecule has 0 aromatic carbocycles. The van der Waals surface area contributed by atoms with Crippen LogP contribution in [0.25, 0.3) is 0 Å². The first-order valence-electron chi connectivity index (χ1n) is 5.45. The third kappa shape index (κ3) is 3.83. The Morgan fingerprint density at radius 2 is 2.00 bits per heavy atom. The summed E-state index contributed by atoms with van der Waals surface area (Å²) in [5, 5.41) is 3.64. The summed E-state index contributed by atoms with van der Waals surface area (Å²) in [7, 11) is 0. The van der Waals surface area contributed by atoms with E-state index in [9.17, 15) is 0 Å². The van der Waals surface area contributed by atoms with E-state index in [0.717, 1.165) is 19.4 Å². The zero-order chi connectivity index (χ0) is 9.57. The van der Waals surface area contributed by atoms with Crippen LogP contribution in [0.3, 0.4) is 0 Å². The van der Waals surface area contributed by atoms with Crippen molar-refractivity contribution in [2.24, 2.45) is 0 Å². The summed E-state index contributed by atoms with van der Waals surface area (Å²) < 4.78 is 0. The zero-order valence-electron chi connectivity index (χ0n) is 8.73. The van der Waals surface area contributed by atoms with E-state index in [1.165, 1.54) is 32.1 Å². The van der Waals surface area contributed by atoms with Gasteiger partial charge in [-0.25, -0.2) is 0 Å². The second kappa shape index (κ2) is 5.29. The Morgan fingerprint density at radius 3 is 2.62 bits per heavy atom. The highest BCUT2D eigenvalue weighted by Crippen LogP contribution is 2.27. The van der Waals surface area contributed by atoms with Crippen LogP contribution in [0.15, 0.2) is 0 Å². The first-order chi connectivity index (χ1) is 6.27. The fourth-order valence-corrected chi connectivity index (χ4v) is 2.09. The van der Waals surface area contributed by atoms with Gasteiger partial charge in [0.25, 0.3) is 0 Å². The van der Waals surface area contributed by atoms with Crippen molar-refractivity contribution >= 4 is 0 Å². The van der Waals surface area contributed by atoms with Gasteiger partial charge in [0.2, 0.25) is 0 Å². The van der Waals surface area contributed by atoms with E-state index in [-0.39, 0.29) is 0 Å². The summed E-state index contributed by atoms with van der Waals surface area (Å²) in [4.78, 5) is 0. The van der Waals surface area contributed by atoms with Crippen molar-refractivity contribution in [2.75, 3.05) is 6.54 Å². The Hall–Kier alpha value is -0.480. The number of terminal acetylenes is 1. The van der Waals surface area contributed by atoms with E-state index in [1.54, 1.807) is 0 Å². The van der Waals surface area contributed by atoms with E-state index in [1.807, 2.05) is 0 Å². The maximum Gasteiger partial charge on any atom is 0.0153 e. The maximum atomic E-state index is 5.20. The van der Waals surface area contributed by atoms with Crippen LogP contribution >= 0.6 is 0 Å². The van der Waals surface area contributed by atoms with Crippen LogP contribution < -0.4 is 5.32 Å². The minimum Gasteiger partial charge on any atom is -0.311 e. The van der Waals surface area contributed by atoms with Crippen LogP contribution in [-0.2, 0) is 0 Å². The van der Waals surface area contributed by atoms with Crippen LogP contribution in [-0.4, -0.2) is 12.1 Å². The van der Waals surface area contributed by atoms with Gasteiger partial charge in [-0.1, -0.05) is 19.3 Å². The van der Waals surface area contributed by atoms with Crippen LogP contribution in [0.5, 0.6) is 0 Å². The average molecular weight is 179 g/mol. The predicted octanol–water partition coefficient (Wildman–Crippen LogP) is 2.71. The van der Waals surface area contributed by atoms with Crippen molar-refractivity contribution in [3.8, 4) is 12.3 Å². The first kappa shape index (κ1) is 10.6. The lowest BCUT2D eigenvalue weighted by Gasteiger charge is -2.34. The van der Waals surface area contributed by atoms with Gasteiger partial charge in [-0.3, -0.25) is 0 Å². The Labute approximate surface area is 82.3 Å². The molecule has 13 heavy (non-hydrogen) atoms. The van der Waals surface area contributed by atoms with Gasteiger partial charge in [-0.2, -0.15) is 0 Å². The molecule has 0 aromatic heterocycles. The highest BCUT2D eigenvalue weighted by Gasteiger charge is 2.25. The summed E-state index contributed by atoms with van der Waals surface area (Å²) in [6, 6.07) is 0. The normalized spacial score (nSPS) is 20.9. The molecule has 0 radical (unpaired) electrons. The van der Waals surface area contributed by atoms with Gasteiger partial charge in [0.1, 0.15) is 0 Å². The van der Waals surface area contributed by atoms with Crippen molar-refractivity contribution in [1.82, 2.24) is 5.32 Å². The molecular weight excluding hydrogens is 158 g/mol. The summed E-state index contributed by atoms with van der Waals surface area (Å²) >= 11 is 0. The minimum atomic E-state index is 0.410. The highest BCUT2D eigenvalue weighted by molar-refractivity contribution is 4.87. The van der Waals surface area contributed by atoms with Gasteiger partial charge >= 0.3 is 0 Å². The molecule has 1 aliphatic rings. The number of unbranched alkanes of at least 4 members (excludes halogenated alkanes) is 1. The predicted molar refractivity (Wildman–Crippen MR) is 57.6 cm³/mol. The number of hydrogen-bond acceptors (Lipinski definition) is 1. The summed E-state index contributed by atoms with van der Waals surface area (Å²) in [5.74, 6) is 2.68. The number of nitrogens with one attached hydrogen (secondary N) is 1. The number of rotatable bonds is 4. The van der Waals surface area contributed by atoms with Crippen molar-refractivity contribution < 1.29 is 0 Å². The minimum absolute atomic E-state index is 0.410. The topological polar surface area (TPSA) is 12.0 Å². The summed E-state index contributed by atoms with van der Waals surface area (Å²) in [6.45, 7) is 3.43.